The number of thioether (sulfide) groups is 1. The zero-order valence-corrected chi connectivity index (χ0v) is 11.8. The van der Waals surface area contributed by atoms with E-state index in [2.05, 4.69) is 22.5 Å². The number of rotatable bonds is 4. The molecule has 1 amide bonds. The highest BCUT2D eigenvalue weighted by Gasteiger charge is 2.23. The van der Waals surface area contributed by atoms with Crippen LogP contribution in [-0.2, 0) is 9.53 Å². The first-order valence-electron chi connectivity index (χ1n) is 6.72. The van der Waals surface area contributed by atoms with Crippen LogP contribution in [0.1, 0.15) is 6.92 Å². The first kappa shape index (κ1) is 14.1. The van der Waals surface area contributed by atoms with Gasteiger partial charge in [-0.3, -0.25) is 9.69 Å². The van der Waals surface area contributed by atoms with Crippen molar-refractivity contribution in [3.05, 3.63) is 0 Å². The molecule has 0 aromatic carbocycles. The Labute approximate surface area is 113 Å². The smallest absolute Gasteiger partial charge is 0.238 e. The number of carbonyl (C=O) groups excluding carboxylic acids is 1. The minimum Gasteiger partial charge on any atom is -0.374 e. The summed E-state index contributed by atoms with van der Waals surface area (Å²) in [6, 6.07) is -0.0328. The van der Waals surface area contributed by atoms with Gasteiger partial charge < -0.3 is 15.4 Å². The van der Waals surface area contributed by atoms with Crippen molar-refractivity contribution >= 4 is 17.7 Å². The van der Waals surface area contributed by atoms with Crippen molar-refractivity contribution in [2.75, 3.05) is 50.8 Å². The highest BCUT2D eigenvalue weighted by atomic mass is 32.2. The number of ether oxygens (including phenoxy) is 1. The van der Waals surface area contributed by atoms with Gasteiger partial charge in [0.05, 0.1) is 18.8 Å². The van der Waals surface area contributed by atoms with Crippen molar-refractivity contribution < 1.29 is 9.53 Å². The van der Waals surface area contributed by atoms with E-state index >= 15 is 0 Å². The first-order chi connectivity index (χ1) is 8.79. The molecule has 0 aliphatic carbocycles. The fourth-order valence-corrected chi connectivity index (χ4v) is 3.20. The van der Waals surface area contributed by atoms with E-state index in [1.807, 2.05) is 11.8 Å². The van der Waals surface area contributed by atoms with Crippen LogP contribution >= 0.6 is 11.8 Å². The van der Waals surface area contributed by atoms with Gasteiger partial charge in [0, 0.05) is 37.7 Å². The molecule has 18 heavy (non-hydrogen) atoms. The number of hydrogen-bond donors (Lipinski definition) is 2. The van der Waals surface area contributed by atoms with Gasteiger partial charge in [-0.15, -0.1) is 0 Å². The molecule has 0 bridgehead atoms. The number of nitrogens with one attached hydrogen (secondary N) is 2. The largest absolute Gasteiger partial charge is 0.374 e. The van der Waals surface area contributed by atoms with E-state index in [1.54, 1.807) is 0 Å². The fourth-order valence-electron chi connectivity index (χ4n) is 2.26. The highest BCUT2D eigenvalue weighted by Crippen LogP contribution is 2.08. The SMILES string of the molecule is CCN1CCOC(CNC(=O)C2CSCCN2)C1. The Hall–Kier alpha value is -0.300. The summed E-state index contributed by atoms with van der Waals surface area (Å²) in [5, 5.41) is 6.24. The third-order valence-electron chi connectivity index (χ3n) is 3.41. The second-order valence-electron chi connectivity index (χ2n) is 4.71. The Morgan fingerprint density at radius 1 is 1.61 bits per heavy atom. The third kappa shape index (κ3) is 4.12. The zero-order chi connectivity index (χ0) is 12.8. The van der Waals surface area contributed by atoms with Crippen LogP contribution in [0.15, 0.2) is 0 Å². The summed E-state index contributed by atoms with van der Waals surface area (Å²) >= 11 is 1.83. The van der Waals surface area contributed by atoms with Crippen LogP contribution in [-0.4, -0.2) is 73.8 Å². The molecule has 2 N–H and O–H groups in total. The van der Waals surface area contributed by atoms with E-state index < -0.39 is 0 Å². The molecule has 0 aromatic rings. The lowest BCUT2D eigenvalue weighted by atomic mass is 10.2. The Balaban J connectivity index is 1.68. The lowest BCUT2D eigenvalue weighted by Crippen LogP contribution is -2.52. The molecule has 2 aliphatic rings. The van der Waals surface area contributed by atoms with Crippen LogP contribution in [0.3, 0.4) is 0 Å². The number of amides is 1. The van der Waals surface area contributed by atoms with Gasteiger partial charge in [-0.2, -0.15) is 11.8 Å². The van der Waals surface area contributed by atoms with Crippen LogP contribution < -0.4 is 10.6 Å². The van der Waals surface area contributed by atoms with Gasteiger partial charge in [-0.25, -0.2) is 0 Å². The molecule has 0 saturated carbocycles. The molecule has 2 unspecified atom stereocenters. The quantitative estimate of drug-likeness (QED) is 0.725. The second kappa shape index (κ2) is 7.33. The predicted molar refractivity (Wildman–Crippen MR) is 74.0 cm³/mol. The number of nitrogens with zero attached hydrogens (tertiary/aromatic N) is 1. The lowest BCUT2D eigenvalue weighted by molar-refractivity contribution is -0.123. The molecular formula is C12H23N3O2S. The van der Waals surface area contributed by atoms with Gasteiger partial charge in [-0.1, -0.05) is 6.92 Å². The highest BCUT2D eigenvalue weighted by molar-refractivity contribution is 7.99. The molecular weight excluding hydrogens is 250 g/mol. The summed E-state index contributed by atoms with van der Waals surface area (Å²) in [5.74, 6) is 2.08. The third-order valence-corrected chi connectivity index (χ3v) is 4.47. The normalized spacial score (nSPS) is 30.1. The molecule has 2 fully saturated rings. The summed E-state index contributed by atoms with van der Waals surface area (Å²) in [4.78, 5) is 14.3. The van der Waals surface area contributed by atoms with Gasteiger partial charge in [0.1, 0.15) is 0 Å². The van der Waals surface area contributed by atoms with Crippen LogP contribution in [0.25, 0.3) is 0 Å². The predicted octanol–water partition coefficient (Wildman–Crippen LogP) is -0.472. The maximum atomic E-state index is 11.9. The summed E-state index contributed by atoms with van der Waals surface area (Å²) in [6.07, 6.45) is 0.138. The summed E-state index contributed by atoms with van der Waals surface area (Å²) < 4.78 is 5.67. The molecule has 0 radical (unpaired) electrons. The number of hydrogen-bond acceptors (Lipinski definition) is 5. The Morgan fingerprint density at radius 2 is 2.50 bits per heavy atom. The molecule has 0 spiro atoms. The van der Waals surface area contributed by atoms with Crippen molar-refractivity contribution in [2.45, 2.75) is 19.1 Å². The van der Waals surface area contributed by atoms with Crippen molar-refractivity contribution in [2.24, 2.45) is 0 Å². The topological polar surface area (TPSA) is 53.6 Å². The van der Waals surface area contributed by atoms with E-state index in [4.69, 9.17) is 4.74 Å². The van der Waals surface area contributed by atoms with E-state index in [9.17, 15) is 4.79 Å². The van der Waals surface area contributed by atoms with E-state index in [1.165, 1.54) is 0 Å². The molecule has 2 heterocycles. The second-order valence-corrected chi connectivity index (χ2v) is 5.86. The van der Waals surface area contributed by atoms with Crippen molar-refractivity contribution in [1.82, 2.24) is 15.5 Å². The van der Waals surface area contributed by atoms with Gasteiger partial charge in [0.25, 0.3) is 0 Å². The minimum absolute atomic E-state index is 0.0328. The Bertz CT molecular complexity index is 272. The maximum absolute atomic E-state index is 11.9. The summed E-state index contributed by atoms with van der Waals surface area (Å²) in [6.45, 7) is 7.44. The molecule has 2 aliphatic heterocycles. The van der Waals surface area contributed by atoms with Crippen LogP contribution in [0.4, 0.5) is 0 Å². The molecule has 0 aromatic heterocycles. The number of morpholine rings is 1. The van der Waals surface area contributed by atoms with Gasteiger partial charge in [0.2, 0.25) is 5.91 Å². The van der Waals surface area contributed by atoms with Crippen LogP contribution in [0.5, 0.6) is 0 Å². The average Bonchev–Trinajstić information content (AvgIpc) is 2.46. The fraction of sp³-hybridized carbons (Fsp3) is 0.917. The van der Waals surface area contributed by atoms with Crippen LogP contribution in [0, 0.1) is 0 Å². The Kier molecular flexibility index (Phi) is 5.75. The first-order valence-corrected chi connectivity index (χ1v) is 7.88. The standard InChI is InChI=1S/C12H23N3O2S/c1-2-15-4-5-17-10(8-15)7-14-12(16)11-9-18-6-3-13-11/h10-11,13H,2-9H2,1H3,(H,14,16). The number of likely N-dealkylation sites (N-methyl/N-ethyl adjacent to an activating group) is 1. The van der Waals surface area contributed by atoms with Crippen LogP contribution in [0.2, 0.25) is 0 Å². The van der Waals surface area contributed by atoms with E-state index in [-0.39, 0.29) is 18.1 Å². The summed E-state index contributed by atoms with van der Waals surface area (Å²) in [5.41, 5.74) is 0. The Morgan fingerprint density at radius 3 is 3.22 bits per heavy atom. The molecule has 2 atom stereocenters. The zero-order valence-electron chi connectivity index (χ0n) is 11.0. The molecule has 2 rings (SSSR count). The monoisotopic (exact) mass is 273 g/mol. The average molecular weight is 273 g/mol. The van der Waals surface area contributed by atoms with Gasteiger partial charge in [0.15, 0.2) is 0 Å². The van der Waals surface area contributed by atoms with Gasteiger partial charge >= 0.3 is 0 Å². The maximum Gasteiger partial charge on any atom is 0.238 e. The summed E-state index contributed by atoms with van der Waals surface area (Å²) in [7, 11) is 0. The van der Waals surface area contributed by atoms with E-state index in [0.717, 1.165) is 44.3 Å². The molecule has 5 nitrogen and oxygen atoms in total. The van der Waals surface area contributed by atoms with Gasteiger partial charge in [-0.05, 0) is 6.54 Å². The minimum atomic E-state index is -0.0328. The lowest BCUT2D eigenvalue weighted by Gasteiger charge is -2.32. The molecule has 6 heteroatoms. The number of carbonyl (C=O) groups is 1. The van der Waals surface area contributed by atoms with Crippen molar-refractivity contribution in [3.8, 4) is 0 Å². The molecule has 2 saturated heterocycles. The van der Waals surface area contributed by atoms with Crippen molar-refractivity contribution in [1.29, 1.82) is 0 Å². The van der Waals surface area contributed by atoms with E-state index in [0.29, 0.717) is 6.54 Å². The van der Waals surface area contributed by atoms with Crippen molar-refractivity contribution in [3.63, 3.8) is 0 Å². The molecule has 104 valence electrons.